The first-order chi connectivity index (χ1) is 12.8. The summed E-state index contributed by atoms with van der Waals surface area (Å²) in [5.41, 5.74) is -2.22. The molecule has 0 unspecified atom stereocenters. The van der Waals surface area contributed by atoms with Crippen molar-refractivity contribution in [3.8, 4) is 0 Å². The van der Waals surface area contributed by atoms with E-state index in [0.717, 1.165) is 5.56 Å². The summed E-state index contributed by atoms with van der Waals surface area (Å²) < 4.78 is 15.7. The van der Waals surface area contributed by atoms with Gasteiger partial charge < -0.3 is 19.0 Å². The van der Waals surface area contributed by atoms with Gasteiger partial charge in [0.05, 0.1) is 25.6 Å². The van der Waals surface area contributed by atoms with Crippen LogP contribution in [0.1, 0.15) is 32.3 Å². The summed E-state index contributed by atoms with van der Waals surface area (Å²) in [5, 5.41) is 11.2. The van der Waals surface area contributed by atoms with E-state index in [-0.39, 0.29) is 11.9 Å². The number of carbonyl (C=O) groups is 2. The van der Waals surface area contributed by atoms with Crippen LogP contribution in [0.15, 0.2) is 41.2 Å². The molecule has 0 amide bonds. The molecule has 6 heteroatoms. The number of carbonyl (C=O) groups excluding carboxylic acids is 2. The van der Waals surface area contributed by atoms with Gasteiger partial charge in [0.1, 0.15) is 6.10 Å². The molecule has 2 bridgehead atoms. The van der Waals surface area contributed by atoms with Crippen molar-refractivity contribution in [3.05, 3.63) is 42.4 Å². The zero-order chi connectivity index (χ0) is 19.4. The lowest BCUT2D eigenvalue weighted by molar-refractivity contribution is -0.241. The van der Waals surface area contributed by atoms with Crippen molar-refractivity contribution in [2.75, 3.05) is 7.11 Å². The van der Waals surface area contributed by atoms with Gasteiger partial charge in [-0.05, 0) is 31.1 Å². The number of fused-ring (bicyclic) bond motifs is 1. The average molecular weight is 372 g/mol. The second kappa shape index (κ2) is 5.83. The Morgan fingerprint density at radius 2 is 2.19 bits per heavy atom. The Labute approximate surface area is 157 Å². The third kappa shape index (κ3) is 2.29. The molecule has 0 aromatic carbocycles. The van der Waals surface area contributed by atoms with Crippen molar-refractivity contribution in [1.29, 1.82) is 0 Å². The molecular formula is C21H24O6. The van der Waals surface area contributed by atoms with Gasteiger partial charge in [0.25, 0.3) is 0 Å². The van der Waals surface area contributed by atoms with Crippen LogP contribution in [-0.2, 0) is 19.1 Å². The van der Waals surface area contributed by atoms with E-state index >= 15 is 0 Å². The lowest BCUT2D eigenvalue weighted by Gasteiger charge is -2.63. The highest BCUT2D eigenvalue weighted by molar-refractivity contribution is 5.86. The number of hydrogen-bond acceptors (Lipinski definition) is 6. The zero-order valence-corrected chi connectivity index (χ0v) is 15.7. The van der Waals surface area contributed by atoms with Gasteiger partial charge in [-0.25, -0.2) is 4.79 Å². The molecule has 2 aliphatic carbocycles. The minimum atomic E-state index is -1.68. The summed E-state index contributed by atoms with van der Waals surface area (Å²) >= 11 is 0. The maximum atomic E-state index is 12.6. The Balaban J connectivity index is 1.84. The van der Waals surface area contributed by atoms with Gasteiger partial charge in [-0.2, -0.15) is 0 Å². The van der Waals surface area contributed by atoms with Crippen molar-refractivity contribution >= 4 is 18.0 Å². The summed E-state index contributed by atoms with van der Waals surface area (Å²) in [6, 6.07) is 1.83. The Bertz CT molecular complexity index is 824. The fourth-order valence-electron chi connectivity index (χ4n) is 5.50. The highest BCUT2D eigenvalue weighted by Crippen LogP contribution is 2.65. The number of allylic oxidation sites excluding steroid dienone is 1. The van der Waals surface area contributed by atoms with E-state index in [2.05, 4.69) is 0 Å². The molecule has 1 N–H and O–H groups in total. The lowest BCUT2D eigenvalue weighted by atomic mass is 9.43. The van der Waals surface area contributed by atoms with Crippen molar-refractivity contribution in [1.82, 2.24) is 0 Å². The monoisotopic (exact) mass is 372 g/mol. The molecule has 27 heavy (non-hydrogen) atoms. The maximum Gasteiger partial charge on any atom is 0.343 e. The van der Waals surface area contributed by atoms with Gasteiger partial charge in [-0.15, -0.1) is 0 Å². The van der Waals surface area contributed by atoms with Gasteiger partial charge in [0, 0.05) is 22.3 Å². The van der Waals surface area contributed by atoms with E-state index in [1.54, 1.807) is 24.7 Å². The van der Waals surface area contributed by atoms with Gasteiger partial charge in [0.2, 0.25) is 0 Å². The summed E-state index contributed by atoms with van der Waals surface area (Å²) in [6.07, 6.45) is 11.0. The Morgan fingerprint density at radius 3 is 2.81 bits per heavy atom. The largest absolute Gasteiger partial charge is 0.472 e. The van der Waals surface area contributed by atoms with E-state index in [4.69, 9.17) is 13.9 Å². The molecule has 4 aliphatic rings. The highest BCUT2D eigenvalue weighted by atomic mass is 16.6. The first kappa shape index (κ1) is 18.0. The summed E-state index contributed by atoms with van der Waals surface area (Å²) in [6.45, 7) is 3.91. The van der Waals surface area contributed by atoms with Crippen LogP contribution in [0.5, 0.6) is 0 Å². The van der Waals surface area contributed by atoms with Crippen LogP contribution in [-0.4, -0.2) is 35.9 Å². The predicted molar refractivity (Wildman–Crippen MR) is 96.2 cm³/mol. The molecule has 5 rings (SSSR count). The summed E-state index contributed by atoms with van der Waals surface area (Å²) in [7, 11) is 1.39. The van der Waals surface area contributed by atoms with Gasteiger partial charge in [-0.3, -0.25) is 4.79 Å². The number of methoxy groups -OCH3 is 1. The first-order valence-electron chi connectivity index (χ1n) is 9.18. The number of esters is 2. The number of furan rings is 1. The van der Waals surface area contributed by atoms with E-state index < -0.39 is 34.4 Å². The smallest absolute Gasteiger partial charge is 0.343 e. The fourth-order valence-corrected chi connectivity index (χ4v) is 5.50. The average Bonchev–Trinajstić information content (AvgIpc) is 3.15. The molecule has 1 aromatic heterocycles. The second-order valence-electron chi connectivity index (χ2n) is 8.26. The normalized spacial score (nSPS) is 42.8. The molecule has 0 spiro atoms. The Hall–Kier alpha value is -2.34. The third-order valence-electron chi connectivity index (χ3n) is 7.00. The number of aliphatic hydroxyl groups is 1. The molecule has 1 saturated carbocycles. The maximum absolute atomic E-state index is 12.6. The fraction of sp³-hybridized carbons (Fsp3) is 0.524. The van der Waals surface area contributed by atoms with E-state index in [1.165, 1.54) is 7.11 Å². The zero-order valence-electron chi connectivity index (χ0n) is 15.7. The minimum Gasteiger partial charge on any atom is -0.472 e. The number of hydrogen-bond donors (Lipinski definition) is 1. The van der Waals surface area contributed by atoms with Crippen molar-refractivity contribution < 1.29 is 28.6 Å². The van der Waals surface area contributed by atoms with Crippen LogP contribution in [0.25, 0.3) is 6.08 Å². The highest BCUT2D eigenvalue weighted by Gasteiger charge is 2.71. The Morgan fingerprint density at radius 1 is 1.41 bits per heavy atom. The molecule has 3 heterocycles. The standard InChI is InChI=1S/C21H24O6/c1-19(8-4-13-7-11-26-12-13)14(17(22)25-3)5-9-20(2)16(19)15-6-10-21(20,24)18(23)27-15/h4,6-8,10-12,14-16,24H,5,9H2,1-3H3/b8-4+/t14-,15-,16+,19-,20-,21+/m1/s1. The Kier molecular flexibility index (Phi) is 3.89. The molecule has 1 saturated heterocycles. The molecular weight excluding hydrogens is 348 g/mol. The SMILES string of the molecule is COC(=O)[C@H]1CC[C@]2(C)[C@@H]([C@H]3C=C[C@]2(O)C(=O)O3)[C@]1(C)/C=C/c1ccoc1. The minimum absolute atomic E-state index is 0.265. The third-order valence-corrected chi connectivity index (χ3v) is 7.00. The van der Waals surface area contributed by atoms with Gasteiger partial charge in [-0.1, -0.05) is 26.0 Å². The quantitative estimate of drug-likeness (QED) is 0.649. The predicted octanol–water partition coefficient (Wildman–Crippen LogP) is 2.73. The van der Waals surface area contributed by atoms with E-state index in [9.17, 15) is 14.7 Å². The van der Waals surface area contributed by atoms with Gasteiger partial charge in [0.15, 0.2) is 5.60 Å². The van der Waals surface area contributed by atoms with Crippen LogP contribution in [0.2, 0.25) is 0 Å². The van der Waals surface area contributed by atoms with Crippen LogP contribution in [0.4, 0.5) is 0 Å². The molecule has 2 aliphatic heterocycles. The number of rotatable bonds is 3. The van der Waals surface area contributed by atoms with E-state index in [0.29, 0.717) is 12.8 Å². The van der Waals surface area contributed by atoms with Crippen LogP contribution < -0.4 is 0 Å². The van der Waals surface area contributed by atoms with Crippen molar-refractivity contribution in [2.24, 2.45) is 22.7 Å². The summed E-state index contributed by atoms with van der Waals surface area (Å²) in [5.74, 6) is -1.57. The molecule has 0 radical (unpaired) electrons. The van der Waals surface area contributed by atoms with Crippen LogP contribution in [0.3, 0.4) is 0 Å². The van der Waals surface area contributed by atoms with Crippen LogP contribution >= 0.6 is 0 Å². The van der Waals surface area contributed by atoms with E-state index in [1.807, 2.05) is 32.1 Å². The number of ether oxygens (including phenoxy) is 2. The van der Waals surface area contributed by atoms with Crippen molar-refractivity contribution in [2.45, 2.75) is 38.4 Å². The first-order valence-corrected chi connectivity index (χ1v) is 9.18. The topological polar surface area (TPSA) is 86.0 Å². The summed E-state index contributed by atoms with van der Waals surface area (Å²) in [4.78, 5) is 25.0. The molecule has 6 nitrogen and oxygen atoms in total. The van der Waals surface area contributed by atoms with Gasteiger partial charge >= 0.3 is 11.9 Å². The molecule has 1 aromatic rings. The molecule has 6 atom stereocenters. The van der Waals surface area contributed by atoms with Crippen molar-refractivity contribution in [3.63, 3.8) is 0 Å². The molecule has 2 fully saturated rings. The molecule has 144 valence electrons. The second-order valence-corrected chi connectivity index (χ2v) is 8.26. The van der Waals surface area contributed by atoms with Crippen LogP contribution in [0, 0.1) is 22.7 Å². The lowest BCUT2D eigenvalue weighted by Crippen LogP contribution is -2.71.